The van der Waals surface area contributed by atoms with Crippen LogP contribution in [-0.2, 0) is 67.0 Å². The number of ketones is 8. The summed E-state index contributed by atoms with van der Waals surface area (Å²) >= 11 is 7.45. The van der Waals surface area contributed by atoms with Crippen molar-refractivity contribution in [1.29, 1.82) is 0 Å². The van der Waals surface area contributed by atoms with Crippen LogP contribution in [0.3, 0.4) is 0 Å². The van der Waals surface area contributed by atoms with Gasteiger partial charge in [0.2, 0.25) is 5.78 Å². The third-order valence-corrected chi connectivity index (χ3v) is 37.2. The van der Waals surface area contributed by atoms with E-state index in [1.807, 2.05) is 72.8 Å². The lowest BCUT2D eigenvalue weighted by Gasteiger charge is -2.64. The number of alkyl halides is 1. The lowest BCUT2D eigenvalue weighted by molar-refractivity contribution is -0.202. The van der Waals surface area contributed by atoms with Crippen LogP contribution in [0.1, 0.15) is 245 Å². The molecule has 16 aliphatic rings. The second kappa shape index (κ2) is 30.8. The molecule has 12 fully saturated rings. The number of aliphatic hydroxyl groups excluding tert-OH is 5. The average molecular weight is 1640 g/mol. The van der Waals surface area contributed by atoms with E-state index in [-0.39, 0.29) is 137 Å². The fourth-order valence-electron chi connectivity index (χ4n) is 30.2. The molecule has 21 nitrogen and oxygen atoms in total. The molecule has 12 saturated carbocycles. The predicted molar refractivity (Wildman–Crippen MR) is 434 cm³/mol. The van der Waals surface area contributed by atoms with E-state index in [1.165, 1.54) is 31.1 Å². The molecule has 0 saturated heterocycles. The molecule has 0 spiro atoms. The number of halogens is 1. The van der Waals surface area contributed by atoms with Crippen LogP contribution in [0.5, 0.6) is 0 Å². The Hall–Kier alpha value is -6.04. The van der Waals surface area contributed by atoms with Crippen molar-refractivity contribution in [2.24, 2.45) is 126 Å². The summed E-state index contributed by atoms with van der Waals surface area (Å²) in [5, 5.41) is 76.3. The first-order valence-electron chi connectivity index (χ1n) is 43.6. The highest BCUT2D eigenvalue weighted by Crippen LogP contribution is 2.75. The average Bonchev–Trinajstić information content (AvgIpc) is 1.46. The van der Waals surface area contributed by atoms with Gasteiger partial charge in [-0.1, -0.05) is 124 Å². The van der Waals surface area contributed by atoms with Crippen LogP contribution < -0.4 is 0 Å². The van der Waals surface area contributed by atoms with Gasteiger partial charge >= 0.3 is 17.9 Å². The van der Waals surface area contributed by atoms with Crippen molar-refractivity contribution >= 4 is 75.8 Å². The maximum Gasteiger partial charge on any atom is 0.305 e. The van der Waals surface area contributed by atoms with Gasteiger partial charge in [-0.2, -0.15) is 0 Å². The van der Waals surface area contributed by atoms with E-state index in [9.17, 15) is 88.5 Å². The molecule has 16 aliphatic carbocycles. The van der Waals surface area contributed by atoms with Gasteiger partial charge in [-0.25, -0.2) is 0 Å². The quantitative estimate of drug-likeness (QED) is 0.0413. The van der Waals surface area contributed by atoms with Crippen LogP contribution in [-0.4, -0.2) is 166 Å². The number of rotatable bonds is 12. The highest BCUT2D eigenvalue weighted by atomic mass is 35.5. The van der Waals surface area contributed by atoms with Crippen molar-refractivity contribution in [3.63, 3.8) is 0 Å². The topological polar surface area (TPSA) is 357 Å². The number of carbonyl (C=O) groups is 11. The first kappa shape index (κ1) is 88.7. The zero-order valence-corrected chi connectivity index (χ0v) is 72.1. The summed E-state index contributed by atoms with van der Waals surface area (Å²) in [6, 6.07) is 0. The highest BCUT2D eigenvalue weighted by molar-refractivity contribution is 6.26. The first-order chi connectivity index (χ1) is 54.6. The molecule has 0 amide bonds. The molecular formula is C95H129ClO21. The molecule has 0 unspecified atom stereocenters. The molecule has 642 valence electrons. The van der Waals surface area contributed by atoms with E-state index in [4.69, 9.17) is 25.8 Å². The number of ether oxygens (including phenoxy) is 3. The van der Waals surface area contributed by atoms with Gasteiger partial charge in [-0.3, -0.25) is 52.7 Å². The number of allylic oxidation sites excluding steroid dienone is 10. The number of hydrogen-bond acceptors (Lipinski definition) is 21. The summed E-state index contributed by atoms with van der Waals surface area (Å²) in [4.78, 5) is 135. The Balaban J connectivity index is 0.000000136. The maximum absolute atomic E-state index is 13.7. The number of carbonyl (C=O) groups excluding carboxylic acids is 11. The van der Waals surface area contributed by atoms with Crippen molar-refractivity contribution in [2.75, 3.05) is 26.4 Å². The molecule has 0 aromatic rings. The molecule has 0 aromatic heterocycles. The smallest absolute Gasteiger partial charge is 0.305 e. The Bertz CT molecular complexity index is 4370. The molecule has 0 aromatic carbocycles. The van der Waals surface area contributed by atoms with Gasteiger partial charge in [0.1, 0.15) is 18.0 Å². The van der Waals surface area contributed by atoms with E-state index in [0.717, 1.165) is 81.8 Å². The van der Waals surface area contributed by atoms with Crippen LogP contribution in [0.25, 0.3) is 0 Å². The third kappa shape index (κ3) is 13.0. The van der Waals surface area contributed by atoms with Crippen LogP contribution in [0, 0.1) is 126 Å². The van der Waals surface area contributed by atoms with Gasteiger partial charge in [0, 0.05) is 83.9 Å². The van der Waals surface area contributed by atoms with Gasteiger partial charge in [-0.05, 0) is 245 Å². The molecule has 16 rings (SSSR count). The number of aliphatic hydroxyl groups is 7. The minimum Gasteiger partial charge on any atom is -0.458 e. The molecule has 0 heterocycles. The highest BCUT2D eigenvalue weighted by Gasteiger charge is 2.78. The molecule has 0 aliphatic heterocycles. The van der Waals surface area contributed by atoms with Crippen LogP contribution >= 0.6 is 11.6 Å². The SMILES string of the molecule is C=C(CO)[C@@]1(O)CC[C@H]2[C@@H]3CCC4=CC(=O)CC[C@]4(C)[C@H]3[C@@H](O)C[C@@]21C.CC(=O)OCC(=O)[C@@]1(C)CC[C@H]2[C@@H]3CCC4=CC(=O)CC[C@]4(C)[C@H]3[C@@H](O)C[C@@]21C.CCC(=O)OCC(=O)[C@@]1(OC(C)=O)[C@H](C)C[C@H]2[C@@H]3CCC4=CC(=O)C=C[C@]4(C)[C@@]3(Cl)[C@@H](O)C[C@@]21C.C[C@@H]1C[C@H]2[C@@H]3CCC4=CC(=O)C=C[C@]4(C)[C@H]3C(=O)C[C@]2(C)[C@@]1(O)C(=O)CO. The zero-order chi connectivity index (χ0) is 85.8. The summed E-state index contributed by atoms with van der Waals surface area (Å²) in [5.41, 5.74) is -3.92. The van der Waals surface area contributed by atoms with Gasteiger partial charge in [0.25, 0.3) is 0 Å². The minimum atomic E-state index is -1.66. The first-order valence-corrected chi connectivity index (χ1v) is 44.0. The lowest BCUT2D eigenvalue weighted by Crippen LogP contribution is -2.69. The molecule has 7 N–H and O–H groups in total. The van der Waals surface area contributed by atoms with E-state index in [2.05, 4.69) is 34.3 Å². The van der Waals surface area contributed by atoms with Crippen molar-refractivity contribution in [3.05, 3.63) is 83.1 Å². The fraction of sp³-hybridized carbons (Fsp3) is 0.737. The number of hydrogen-bond donors (Lipinski definition) is 7. The van der Waals surface area contributed by atoms with Gasteiger partial charge < -0.3 is 50.0 Å². The standard InChI is InChI=1S/C27H35ClO7.C24H34O5.C22H28O5.C22H32O4/c1-6-23(33)34-14-22(32)27(35-16(3)29)15(2)11-20-19-8-7-17-12-18(30)9-10-24(17,4)26(19,28)21(31)13-25(20,27)5;1-14(25)29-13-20(28)23(3)10-8-18-17-6-5-15-11-16(26)7-9-22(15,2)21(17)19(27)12-24(18,23)4;1-12-8-16-15-5-4-13-9-14(24)6-7-20(13,2)19(15)17(25)10-21(16,3)22(12,27)18(26)11-23;1-13(12-23)22(26)9-7-17-16-5-4-14-10-15(24)6-8-20(14,2)19(16)18(25)11-21(17,22)3/h9-10,12,15,19-21,31H,6-8,11,13-14H2,1-5H3;11,17-19,21,27H,5-10,12-13H2,1-4H3;6-7,9,12,15-16,19,23,27H,4-5,8,10-11H2,1-3H3;10,16-19,23,25-26H,1,4-9,11-12H2,2-3H3/t15-,19+,20+,21+,24+,25+,26+,27+;17-,18-,19-,21+,22-,23+,24-;12-,15+,16+,19-,20+,21+,22+;16-,17-,18-,19+,20-,21-,22-/m1010/s1. The summed E-state index contributed by atoms with van der Waals surface area (Å²) in [5.74, 6) is -1.59. The molecule has 0 radical (unpaired) electrons. The molecule has 0 bridgehead atoms. The Morgan fingerprint density at radius 1 is 0.530 bits per heavy atom. The van der Waals surface area contributed by atoms with E-state index in [0.29, 0.717) is 87.0 Å². The monoisotopic (exact) mass is 1640 g/mol. The Morgan fingerprint density at radius 3 is 1.62 bits per heavy atom. The van der Waals surface area contributed by atoms with Crippen molar-refractivity contribution in [2.45, 2.75) is 285 Å². The summed E-state index contributed by atoms with van der Waals surface area (Å²) < 4.78 is 16.1. The van der Waals surface area contributed by atoms with Gasteiger partial charge in [0.15, 0.2) is 53.5 Å². The predicted octanol–water partition coefficient (Wildman–Crippen LogP) is 12.1. The molecular weight excluding hydrogens is 1510 g/mol. The Morgan fingerprint density at radius 2 is 1.05 bits per heavy atom. The maximum atomic E-state index is 13.7. The Labute approximate surface area is 694 Å². The second-order valence-electron chi connectivity index (χ2n) is 41.1. The molecule has 22 heteroatoms. The van der Waals surface area contributed by atoms with E-state index in [1.54, 1.807) is 25.2 Å². The van der Waals surface area contributed by atoms with Gasteiger partial charge in [0.05, 0.1) is 35.4 Å². The largest absolute Gasteiger partial charge is 0.458 e. The number of esters is 3. The number of fused-ring (bicyclic) bond motifs is 20. The van der Waals surface area contributed by atoms with Crippen LogP contribution in [0.15, 0.2) is 83.1 Å². The van der Waals surface area contributed by atoms with Crippen molar-refractivity contribution < 1.29 is 103 Å². The second-order valence-corrected chi connectivity index (χ2v) is 41.7. The van der Waals surface area contributed by atoms with E-state index < -0.39 is 115 Å². The Kier molecular flexibility index (Phi) is 23.3. The summed E-state index contributed by atoms with van der Waals surface area (Å²) in [7, 11) is 0. The van der Waals surface area contributed by atoms with E-state index >= 15 is 0 Å². The van der Waals surface area contributed by atoms with Crippen molar-refractivity contribution in [3.8, 4) is 0 Å². The zero-order valence-electron chi connectivity index (χ0n) is 71.4. The number of Topliss-reactive ketones (excluding diaryl/α,β-unsaturated/α-hetero) is 4. The summed E-state index contributed by atoms with van der Waals surface area (Å²) in [6.07, 6.45) is 27.2. The normalized spacial score (nSPS) is 47.0. The van der Waals surface area contributed by atoms with Crippen molar-refractivity contribution in [1.82, 2.24) is 0 Å². The minimum absolute atomic E-state index is 0.0192. The third-order valence-electron chi connectivity index (χ3n) is 36.3. The lowest BCUT2D eigenvalue weighted by atomic mass is 9.44. The van der Waals surface area contributed by atoms with Crippen LogP contribution in [0.2, 0.25) is 0 Å². The molecule has 117 heavy (non-hydrogen) atoms. The summed E-state index contributed by atoms with van der Waals surface area (Å²) in [6.45, 7) is 28.9. The fourth-order valence-corrected chi connectivity index (χ4v) is 30.7. The molecule has 29 atom stereocenters. The van der Waals surface area contributed by atoms with Gasteiger partial charge in [-0.15, -0.1) is 11.6 Å². The van der Waals surface area contributed by atoms with Crippen LogP contribution in [0.4, 0.5) is 0 Å².